The lowest BCUT2D eigenvalue weighted by Crippen LogP contribution is -2.53. The Hall–Kier alpha value is -1.33. The number of alkyl halides is 4. The van der Waals surface area contributed by atoms with Crippen molar-refractivity contribution in [1.82, 2.24) is 0 Å². The number of esters is 2. The predicted molar refractivity (Wildman–Crippen MR) is 111 cm³/mol. The second kappa shape index (κ2) is 8.12. The number of carbonyl (C=O) groups excluding carboxylic acids is 2. The second-order valence-corrected chi connectivity index (χ2v) is 11.7. The van der Waals surface area contributed by atoms with Crippen LogP contribution in [0.5, 0.6) is 5.75 Å². The molecule has 2 saturated heterocycles. The lowest BCUT2D eigenvalue weighted by molar-refractivity contribution is -0.180. The summed E-state index contributed by atoms with van der Waals surface area (Å²) in [4.78, 5) is 24.9. The zero-order chi connectivity index (χ0) is 24.4. The Balaban J connectivity index is 1.37. The molecule has 3 aliphatic rings. The smallest absolute Gasteiger partial charge is 0.396 e. The second-order valence-electron chi connectivity index (χ2n) is 7.72. The molecule has 4 unspecified atom stereocenters. The Bertz CT molecular complexity index is 1110. The van der Waals surface area contributed by atoms with E-state index >= 15 is 0 Å². The van der Waals surface area contributed by atoms with E-state index in [-0.39, 0.29) is 12.8 Å². The largest absolute Gasteiger partial charge is 0.743 e. The molecule has 4 atom stereocenters. The van der Waals surface area contributed by atoms with Crippen LogP contribution in [0.4, 0.5) is 17.6 Å². The first-order valence-corrected chi connectivity index (χ1v) is 12.9. The van der Waals surface area contributed by atoms with Gasteiger partial charge in [-0.3, -0.25) is 4.79 Å². The summed E-state index contributed by atoms with van der Waals surface area (Å²) in [7, 11) is -6.61. The van der Waals surface area contributed by atoms with E-state index in [2.05, 4.69) is 4.74 Å². The Morgan fingerprint density at radius 2 is 2.00 bits per heavy atom. The molecule has 3 heterocycles. The van der Waals surface area contributed by atoms with Crippen LogP contribution in [-0.4, -0.2) is 59.0 Å². The van der Waals surface area contributed by atoms with E-state index in [9.17, 15) is 40.1 Å². The van der Waals surface area contributed by atoms with E-state index in [1.54, 1.807) is 18.2 Å². The van der Waals surface area contributed by atoms with Crippen LogP contribution >= 0.6 is 34.4 Å². The quantitative estimate of drug-likeness (QED) is 0.203. The van der Waals surface area contributed by atoms with Crippen molar-refractivity contribution in [3.63, 3.8) is 0 Å². The standard InChI is InChI=1S/C18H15F4IO8S2/c19-17(20,18(21,22)33(26,27)28)4-5-29-14(24)8-6-12-16(7-11(8)32-12)30-10-3-1-2-9(23)13(10)15(25)31-16/h1-3,8,11-12H,4-7H2,(H,26,27,28)/p-1. The van der Waals surface area contributed by atoms with Gasteiger partial charge in [0.2, 0.25) is 0 Å². The van der Waals surface area contributed by atoms with Gasteiger partial charge in [-0.1, -0.05) is 6.07 Å². The third-order valence-electron chi connectivity index (χ3n) is 5.66. The van der Waals surface area contributed by atoms with Crippen LogP contribution in [0.2, 0.25) is 0 Å². The van der Waals surface area contributed by atoms with Crippen molar-refractivity contribution in [1.29, 1.82) is 0 Å². The summed E-state index contributed by atoms with van der Waals surface area (Å²) in [6.45, 7) is -1.21. The third-order valence-corrected chi connectivity index (χ3v) is 9.21. The number of fused-ring (bicyclic) bond motifs is 4. The molecule has 1 aromatic carbocycles. The maximum atomic E-state index is 13.5. The van der Waals surface area contributed by atoms with Gasteiger partial charge in [0.1, 0.15) is 11.3 Å². The molecule has 182 valence electrons. The molecule has 0 N–H and O–H groups in total. The van der Waals surface area contributed by atoms with Crippen molar-refractivity contribution in [2.75, 3.05) is 6.61 Å². The summed E-state index contributed by atoms with van der Waals surface area (Å²) < 4.78 is 102. The summed E-state index contributed by atoms with van der Waals surface area (Å²) in [5.74, 6) is -8.45. The average molecular weight is 625 g/mol. The Morgan fingerprint density at radius 3 is 2.61 bits per heavy atom. The van der Waals surface area contributed by atoms with Crippen molar-refractivity contribution in [3.05, 3.63) is 27.3 Å². The molecule has 0 aromatic heterocycles. The van der Waals surface area contributed by atoms with Crippen LogP contribution in [0, 0.1) is 9.49 Å². The van der Waals surface area contributed by atoms with Crippen molar-refractivity contribution in [2.45, 2.75) is 46.7 Å². The molecule has 33 heavy (non-hydrogen) atoms. The molecule has 4 rings (SSSR count). The maximum absolute atomic E-state index is 13.5. The number of ether oxygens (including phenoxy) is 3. The van der Waals surface area contributed by atoms with E-state index in [4.69, 9.17) is 9.47 Å². The lowest BCUT2D eigenvalue weighted by atomic mass is 9.84. The number of hydrogen-bond donors (Lipinski definition) is 0. The zero-order valence-electron chi connectivity index (χ0n) is 16.3. The molecule has 2 bridgehead atoms. The average Bonchev–Trinajstić information content (AvgIpc) is 3.24. The van der Waals surface area contributed by atoms with Crippen molar-refractivity contribution in [3.8, 4) is 5.75 Å². The number of benzene rings is 1. The monoisotopic (exact) mass is 625 g/mol. The minimum atomic E-state index is -6.61. The number of hydrogen-bond acceptors (Lipinski definition) is 9. The normalized spacial score (nSPS) is 28.9. The molecular formula is C18H14F4IO8S2-. The highest BCUT2D eigenvalue weighted by Gasteiger charge is 2.64. The molecule has 1 aromatic rings. The van der Waals surface area contributed by atoms with Gasteiger partial charge in [0.05, 0.1) is 24.2 Å². The van der Waals surface area contributed by atoms with E-state index in [1.807, 2.05) is 22.6 Å². The van der Waals surface area contributed by atoms with Gasteiger partial charge in [0, 0.05) is 15.2 Å². The van der Waals surface area contributed by atoms with Gasteiger partial charge in [-0.2, -0.15) is 17.6 Å². The number of halogens is 5. The van der Waals surface area contributed by atoms with E-state index in [0.29, 0.717) is 14.9 Å². The van der Waals surface area contributed by atoms with Crippen molar-refractivity contribution < 1.29 is 54.3 Å². The predicted octanol–water partition coefficient (Wildman–Crippen LogP) is 3.14. The molecule has 0 saturated carbocycles. The zero-order valence-corrected chi connectivity index (χ0v) is 20.1. The van der Waals surface area contributed by atoms with Gasteiger partial charge >= 0.3 is 23.1 Å². The van der Waals surface area contributed by atoms with Crippen LogP contribution in [0.3, 0.4) is 0 Å². The number of rotatable bonds is 6. The highest BCUT2D eigenvalue weighted by atomic mass is 127. The Labute approximate surface area is 202 Å². The molecule has 3 aliphatic heterocycles. The number of carbonyl (C=O) groups is 2. The molecule has 0 amide bonds. The molecule has 1 spiro atoms. The molecule has 0 radical (unpaired) electrons. The first-order chi connectivity index (χ1) is 15.2. The molecular weight excluding hydrogens is 611 g/mol. The van der Waals surface area contributed by atoms with Crippen molar-refractivity contribution in [2.24, 2.45) is 5.92 Å². The van der Waals surface area contributed by atoms with Gasteiger partial charge in [-0.05, 0) is 41.1 Å². The molecule has 15 heteroatoms. The molecule has 0 aliphatic carbocycles. The first-order valence-electron chi connectivity index (χ1n) is 9.42. The summed E-state index contributed by atoms with van der Waals surface area (Å²) in [6.07, 6.45) is -1.59. The van der Waals surface area contributed by atoms with E-state index < -0.39 is 68.5 Å². The maximum Gasteiger partial charge on any atom is 0.396 e. The van der Waals surface area contributed by atoms with Crippen LogP contribution in [0.15, 0.2) is 18.2 Å². The third kappa shape index (κ3) is 4.07. The topological polar surface area (TPSA) is 119 Å². The van der Waals surface area contributed by atoms with Gasteiger partial charge in [0.15, 0.2) is 10.1 Å². The molecule has 8 nitrogen and oxygen atoms in total. The lowest BCUT2D eigenvalue weighted by Gasteiger charge is -2.40. The summed E-state index contributed by atoms with van der Waals surface area (Å²) in [5, 5.41) is -6.73. The van der Waals surface area contributed by atoms with Gasteiger partial charge in [-0.15, -0.1) is 11.8 Å². The summed E-state index contributed by atoms with van der Waals surface area (Å²) >= 11 is 3.28. The van der Waals surface area contributed by atoms with Crippen LogP contribution in [0.25, 0.3) is 0 Å². The van der Waals surface area contributed by atoms with E-state index in [1.165, 1.54) is 11.8 Å². The van der Waals surface area contributed by atoms with Crippen LogP contribution in [-0.2, 0) is 24.4 Å². The Kier molecular flexibility index (Phi) is 6.10. The van der Waals surface area contributed by atoms with Crippen molar-refractivity contribution >= 4 is 56.4 Å². The highest BCUT2D eigenvalue weighted by molar-refractivity contribution is 14.1. The van der Waals surface area contributed by atoms with Gasteiger partial charge in [-0.25, -0.2) is 13.2 Å². The summed E-state index contributed by atoms with van der Waals surface area (Å²) in [6, 6.07) is 5.06. The highest BCUT2D eigenvalue weighted by Crippen LogP contribution is 2.58. The van der Waals surface area contributed by atoms with Crippen LogP contribution < -0.4 is 4.74 Å². The SMILES string of the molecule is O=C1OC2(CC3SC2CC3C(=O)OCCC(F)(F)C(F)(F)S(=O)(=O)[O-])Oc2cccc(I)c21. The first kappa shape index (κ1) is 24.8. The minimum Gasteiger partial charge on any atom is -0.743 e. The summed E-state index contributed by atoms with van der Waals surface area (Å²) in [5.41, 5.74) is 0.297. The van der Waals surface area contributed by atoms with Gasteiger partial charge < -0.3 is 18.8 Å². The van der Waals surface area contributed by atoms with Crippen LogP contribution in [0.1, 0.15) is 29.6 Å². The fraction of sp³-hybridized carbons (Fsp3) is 0.556. The van der Waals surface area contributed by atoms with Gasteiger partial charge in [0.25, 0.3) is 5.79 Å². The fourth-order valence-electron chi connectivity index (χ4n) is 4.01. The number of thioether (sulfide) groups is 1. The minimum absolute atomic E-state index is 0.126. The molecule has 2 fully saturated rings. The fourth-order valence-corrected chi connectivity index (χ4v) is 7.05. The Morgan fingerprint density at radius 1 is 1.30 bits per heavy atom. The van der Waals surface area contributed by atoms with E-state index in [0.717, 1.165) is 0 Å².